The third kappa shape index (κ3) is 4.09. The molecule has 0 aliphatic carbocycles. The third-order valence-electron chi connectivity index (χ3n) is 3.63. The zero-order chi connectivity index (χ0) is 18.9. The zero-order valence-corrected chi connectivity index (χ0v) is 13.9. The normalized spacial score (nSPS) is 15.3. The smallest absolute Gasteiger partial charge is 0.427 e. The number of hydrogen-bond acceptors (Lipinski definition) is 3. The monoisotopic (exact) mass is 374 g/mol. The largest absolute Gasteiger partial charge is 0.633 e. The van der Waals surface area contributed by atoms with Crippen molar-refractivity contribution in [3.63, 3.8) is 0 Å². The summed E-state index contributed by atoms with van der Waals surface area (Å²) in [7, 11) is -5.57. The van der Waals surface area contributed by atoms with Gasteiger partial charge in [0.15, 0.2) is 0 Å². The van der Waals surface area contributed by atoms with Crippen molar-refractivity contribution < 1.29 is 39.4 Å². The summed E-state index contributed by atoms with van der Waals surface area (Å²) >= 11 is 0. The molecule has 0 unspecified atom stereocenters. The van der Waals surface area contributed by atoms with Crippen LogP contribution in [0.5, 0.6) is 0 Å². The van der Waals surface area contributed by atoms with Crippen molar-refractivity contribution in [2.45, 2.75) is 37.9 Å². The molecule has 0 aromatic heterocycles. The van der Waals surface area contributed by atoms with Crippen LogP contribution >= 0.6 is 0 Å². The second-order valence-corrected chi connectivity index (χ2v) is 7.31. The lowest BCUT2D eigenvalue weighted by Crippen LogP contribution is -2.60. The molecule has 23 heavy (non-hydrogen) atoms. The van der Waals surface area contributed by atoms with E-state index in [0.717, 1.165) is 0 Å². The van der Waals surface area contributed by atoms with E-state index in [0.29, 0.717) is 7.05 Å². The molecule has 0 rings (SSSR count). The molecule has 0 saturated carbocycles. The van der Waals surface area contributed by atoms with Gasteiger partial charge in [-0.05, 0) is 13.8 Å². The SMILES string of the molecule is CC[N+]([O-])(CC)CCN(C)S(=O)(=O)C(F)(F)C(F)(F)C(C)(F)F. The Labute approximate surface area is 131 Å². The molecule has 140 valence electrons. The molecular weight excluding hydrogens is 354 g/mol. The number of hydroxylamine groups is 3. The van der Waals surface area contributed by atoms with Crippen LogP contribution in [0.3, 0.4) is 0 Å². The van der Waals surface area contributed by atoms with Gasteiger partial charge in [-0.1, -0.05) is 0 Å². The van der Waals surface area contributed by atoms with Crippen molar-refractivity contribution in [3.8, 4) is 0 Å². The second-order valence-electron chi connectivity index (χ2n) is 5.22. The molecule has 12 heteroatoms. The molecule has 0 N–H and O–H groups in total. The van der Waals surface area contributed by atoms with Gasteiger partial charge in [0.05, 0.1) is 26.2 Å². The molecule has 0 amide bonds. The molecule has 0 spiro atoms. The number of likely N-dealkylation sites (N-methyl/N-ethyl adjacent to an activating group) is 2. The van der Waals surface area contributed by atoms with Crippen molar-refractivity contribution in [1.29, 1.82) is 0 Å². The van der Waals surface area contributed by atoms with Gasteiger partial charge in [0.1, 0.15) is 0 Å². The van der Waals surface area contributed by atoms with E-state index in [-0.39, 0.29) is 17.4 Å². The maximum atomic E-state index is 13.6. The summed E-state index contributed by atoms with van der Waals surface area (Å²) in [6.07, 6.45) is 0. The maximum Gasteiger partial charge on any atom is 0.427 e. The number of rotatable bonds is 9. The van der Waals surface area contributed by atoms with E-state index < -0.39 is 51.8 Å². The molecule has 0 aromatic rings. The molecule has 5 nitrogen and oxygen atoms in total. The minimum Gasteiger partial charge on any atom is -0.633 e. The Morgan fingerprint density at radius 3 is 1.74 bits per heavy atom. The van der Waals surface area contributed by atoms with Gasteiger partial charge in [-0.15, -0.1) is 0 Å². The number of nitrogens with zero attached hydrogens (tertiary/aromatic N) is 2. The first-order valence-electron chi connectivity index (χ1n) is 6.66. The van der Waals surface area contributed by atoms with Crippen LogP contribution in [0.15, 0.2) is 0 Å². The van der Waals surface area contributed by atoms with E-state index in [2.05, 4.69) is 0 Å². The topological polar surface area (TPSA) is 60.4 Å². The summed E-state index contributed by atoms with van der Waals surface area (Å²) in [6, 6.07) is 0. The highest BCUT2D eigenvalue weighted by atomic mass is 32.2. The van der Waals surface area contributed by atoms with Crippen molar-refractivity contribution in [2.24, 2.45) is 0 Å². The van der Waals surface area contributed by atoms with Crippen LogP contribution in [0.1, 0.15) is 20.8 Å². The first-order chi connectivity index (χ1) is 10.00. The van der Waals surface area contributed by atoms with Gasteiger partial charge in [-0.3, -0.25) is 0 Å². The van der Waals surface area contributed by atoms with E-state index in [9.17, 15) is 40.0 Å². The van der Waals surface area contributed by atoms with Crippen LogP contribution in [0, 0.1) is 5.21 Å². The zero-order valence-electron chi connectivity index (χ0n) is 13.1. The van der Waals surface area contributed by atoms with Gasteiger partial charge in [0.2, 0.25) is 0 Å². The quantitative estimate of drug-likeness (QED) is 0.354. The predicted octanol–water partition coefficient (Wildman–Crippen LogP) is 2.49. The lowest BCUT2D eigenvalue weighted by molar-refractivity contribution is -0.876. The third-order valence-corrected chi connectivity index (χ3v) is 5.53. The molecular formula is C11H20F6N2O3S. The van der Waals surface area contributed by atoms with E-state index in [1.54, 1.807) is 0 Å². The van der Waals surface area contributed by atoms with Gasteiger partial charge in [-0.2, -0.15) is 30.6 Å². The van der Waals surface area contributed by atoms with E-state index in [1.807, 2.05) is 0 Å². The molecule has 0 radical (unpaired) electrons. The van der Waals surface area contributed by atoms with Crippen LogP contribution in [-0.2, 0) is 10.0 Å². The predicted molar refractivity (Wildman–Crippen MR) is 71.6 cm³/mol. The van der Waals surface area contributed by atoms with Crippen molar-refractivity contribution in [3.05, 3.63) is 5.21 Å². The van der Waals surface area contributed by atoms with Crippen molar-refractivity contribution in [1.82, 2.24) is 4.31 Å². The van der Waals surface area contributed by atoms with Gasteiger partial charge in [-0.25, -0.2) is 8.42 Å². The number of alkyl halides is 6. The number of halogens is 6. The Hall–Kier alpha value is -0.590. The molecule has 0 aliphatic heterocycles. The summed E-state index contributed by atoms with van der Waals surface area (Å²) in [5.74, 6) is -11.4. The van der Waals surface area contributed by atoms with Crippen LogP contribution in [0.25, 0.3) is 0 Å². The summed E-state index contributed by atoms with van der Waals surface area (Å²) in [5, 5.41) is 5.91. The fourth-order valence-corrected chi connectivity index (χ4v) is 2.81. The number of quaternary nitrogens is 1. The molecule has 0 atom stereocenters. The average Bonchev–Trinajstić information content (AvgIpc) is 2.42. The molecule has 0 aromatic carbocycles. The molecule has 0 bridgehead atoms. The fourth-order valence-electron chi connectivity index (χ4n) is 1.60. The minimum absolute atomic E-state index is 0.00394. The van der Waals surface area contributed by atoms with Crippen LogP contribution in [-0.4, -0.2) is 67.7 Å². The Morgan fingerprint density at radius 2 is 1.43 bits per heavy atom. The van der Waals surface area contributed by atoms with E-state index >= 15 is 0 Å². The standard InChI is InChI=1S/C11H20F6N2O3S/c1-5-19(20,6-2)8-7-18(4)23(21,22)11(16,17)10(14,15)9(3,12)13/h5-8H2,1-4H3. The summed E-state index contributed by atoms with van der Waals surface area (Å²) in [4.78, 5) is 0. The summed E-state index contributed by atoms with van der Waals surface area (Å²) in [5.41, 5.74) is 0. The van der Waals surface area contributed by atoms with Crippen molar-refractivity contribution >= 4 is 10.0 Å². The van der Waals surface area contributed by atoms with Crippen LogP contribution in [0.4, 0.5) is 26.3 Å². The van der Waals surface area contributed by atoms with Gasteiger partial charge in [0.25, 0.3) is 10.0 Å². The Kier molecular flexibility index (Phi) is 6.56. The van der Waals surface area contributed by atoms with Gasteiger partial charge in [0, 0.05) is 14.0 Å². The highest BCUT2D eigenvalue weighted by molar-refractivity contribution is 7.90. The van der Waals surface area contributed by atoms with Gasteiger partial charge < -0.3 is 9.85 Å². The minimum atomic E-state index is -6.11. The highest BCUT2D eigenvalue weighted by Crippen LogP contribution is 2.48. The van der Waals surface area contributed by atoms with E-state index in [1.165, 1.54) is 13.8 Å². The molecule has 0 saturated heterocycles. The first kappa shape index (κ1) is 22.4. The van der Waals surface area contributed by atoms with Crippen LogP contribution < -0.4 is 0 Å². The van der Waals surface area contributed by atoms with Crippen LogP contribution in [0.2, 0.25) is 0 Å². The summed E-state index contributed by atoms with van der Waals surface area (Å²) < 4.78 is 101. The maximum absolute atomic E-state index is 13.6. The van der Waals surface area contributed by atoms with Gasteiger partial charge >= 0.3 is 17.1 Å². The number of sulfonamides is 1. The Morgan fingerprint density at radius 1 is 1.04 bits per heavy atom. The lowest BCUT2D eigenvalue weighted by atomic mass is 10.2. The lowest BCUT2D eigenvalue weighted by Gasteiger charge is -2.42. The molecule has 0 fully saturated rings. The molecule has 0 aliphatic rings. The fraction of sp³-hybridized carbons (Fsp3) is 1.00. The number of hydrogen-bond donors (Lipinski definition) is 0. The highest BCUT2D eigenvalue weighted by Gasteiger charge is 2.76. The van der Waals surface area contributed by atoms with E-state index in [4.69, 9.17) is 0 Å². The first-order valence-corrected chi connectivity index (χ1v) is 8.10. The summed E-state index contributed by atoms with van der Waals surface area (Å²) in [6.45, 7) is 1.18. The Bertz CT molecular complexity index is 502. The average molecular weight is 374 g/mol. The Balaban J connectivity index is 5.48. The molecule has 0 heterocycles. The second kappa shape index (κ2) is 6.73. The van der Waals surface area contributed by atoms with Crippen molar-refractivity contribution in [2.75, 3.05) is 33.2 Å².